The zero-order chi connectivity index (χ0) is 12.5. The molecular weight excluding hydrogens is 242 g/mol. The quantitative estimate of drug-likeness (QED) is 0.768. The van der Waals surface area contributed by atoms with Gasteiger partial charge in [0.2, 0.25) is 0 Å². The zero-order valence-corrected chi connectivity index (χ0v) is 12.2. The van der Waals surface area contributed by atoms with E-state index < -0.39 is 0 Å². The summed E-state index contributed by atoms with van der Waals surface area (Å²) in [5.74, 6) is 0.765. The first-order chi connectivity index (χ1) is 8.79. The summed E-state index contributed by atoms with van der Waals surface area (Å²) in [5.41, 5.74) is 1.39. The highest BCUT2D eigenvalue weighted by molar-refractivity contribution is 7.15. The molecule has 0 aromatic carbocycles. The molecule has 1 aromatic rings. The number of hydrogen-bond donors (Lipinski definition) is 1. The zero-order valence-electron chi connectivity index (χ0n) is 11.4. The van der Waals surface area contributed by atoms with Gasteiger partial charge in [-0.2, -0.15) is 0 Å². The third kappa shape index (κ3) is 2.69. The number of anilines is 1. The van der Waals surface area contributed by atoms with Crippen LogP contribution < -0.4 is 10.2 Å². The van der Waals surface area contributed by atoms with Crippen molar-refractivity contribution in [1.82, 2.24) is 10.3 Å². The number of hydrogen-bond acceptors (Lipinski definition) is 4. The van der Waals surface area contributed by atoms with Crippen molar-refractivity contribution in [3.8, 4) is 0 Å². The van der Waals surface area contributed by atoms with Crippen LogP contribution in [0.1, 0.15) is 55.5 Å². The van der Waals surface area contributed by atoms with Crippen molar-refractivity contribution in [3.05, 3.63) is 10.6 Å². The average Bonchev–Trinajstić information content (AvgIpc) is 3.26. The molecule has 0 atom stereocenters. The fourth-order valence-electron chi connectivity index (χ4n) is 2.30. The van der Waals surface area contributed by atoms with Crippen LogP contribution in [0.5, 0.6) is 0 Å². The molecule has 1 aromatic heterocycles. The maximum Gasteiger partial charge on any atom is 0.185 e. The van der Waals surface area contributed by atoms with Crippen LogP contribution in [0.2, 0.25) is 0 Å². The van der Waals surface area contributed by atoms with Gasteiger partial charge in [-0.15, -0.1) is 11.3 Å². The Morgan fingerprint density at radius 1 is 1.33 bits per heavy atom. The van der Waals surface area contributed by atoms with Crippen molar-refractivity contribution in [1.29, 1.82) is 0 Å². The number of nitrogens with zero attached hydrogens (tertiary/aromatic N) is 2. The summed E-state index contributed by atoms with van der Waals surface area (Å²) >= 11 is 1.91. The molecule has 0 aliphatic heterocycles. The first-order valence-corrected chi connectivity index (χ1v) is 8.04. The fourth-order valence-corrected chi connectivity index (χ4v) is 3.45. The average molecular weight is 265 g/mol. The van der Waals surface area contributed by atoms with Crippen molar-refractivity contribution < 1.29 is 0 Å². The van der Waals surface area contributed by atoms with Crippen LogP contribution in [-0.2, 0) is 6.54 Å². The second-order valence-corrected chi connectivity index (χ2v) is 6.66. The van der Waals surface area contributed by atoms with Crippen LogP contribution in [0.15, 0.2) is 0 Å². The standard InChI is InChI=1S/C14H23N3S/c1-3-8-15-9-12-13(10-4-5-10)16-14(18-12)17(2)11-6-7-11/h10-11,15H,3-9H2,1-2H3. The summed E-state index contributed by atoms with van der Waals surface area (Å²) in [6.07, 6.45) is 6.58. The van der Waals surface area contributed by atoms with Crippen molar-refractivity contribution >= 4 is 16.5 Å². The summed E-state index contributed by atoms with van der Waals surface area (Å²) in [6, 6.07) is 0.764. The van der Waals surface area contributed by atoms with Crippen molar-refractivity contribution in [2.45, 2.75) is 57.5 Å². The number of thiazole rings is 1. The predicted octanol–water partition coefficient (Wildman–Crippen LogP) is 3.12. The molecule has 2 fully saturated rings. The number of nitrogens with one attached hydrogen (secondary N) is 1. The molecule has 4 heteroatoms. The van der Waals surface area contributed by atoms with Crippen LogP contribution in [0.3, 0.4) is 0 Å². The Hall–Kier alpha value is -0.610. The SMILES string of the molecule is CCCNCc1sc(N(C)C2CC2)nc1C1CC1. The maximum atomic E-state index is 4.92. The molecule has 0 amide bonds. The fraction of sp³-hybridized carbons (Fsp3) is 0.786. The van der Waals surface area contributed by atoms with E-state index in [2.05, 4.69) is 24.2 Å². The topological polar surface area (TPSA) is 28.2 Å². The van der Waals surface area contributed by atoms with Gasteiger partial charge in [0.15, 0.2) is 5.13 Å². The lowest BCUT2D eigenvalue weighted by Gasteiger charge is -2.13. The Bertz CT molecular complexity index is 407. The van der Waals surface area contributed by atoms with Crippen LogP contribution >= 0.6 is 11.3 Å². The van der Waals surface area contributed by atoms with Gasteiger partial charge in [-0.1, -0.05) is 6.92 Å². The van der Waals surface area contributed by atoms with E-state index in [1.165, 1.54) is 47.8 Å². The molecule has 0 saturated heterocycles. The lowest BCUT2D eigenvalue weighted by Crippen LogP contribution is -2.18. The van der Waals surface area contributed by atoms with Gasteiger partial charge in [0.25, 0.3) is 0 Å². The van der Waals surface area contributed by atoms with Crippen molar-refractivity contribution in [2.75, 3.05) is 18.5 Å². The second kappa shape index (κ2) is 5.17. The van der Waals surface area contributed by atoms with Gasteiger partial charge in [-0.3, -0.25) is 0 Å². The highest BCUT2D eigenvalue weighted by Crippen LogP contribution is 2.45. The van der Waals surface area contributed by atoms with E-state index in [9.17, 15) is 0 Å². The molecule has 100 valence electrons. The maximum absolute atomic E-state index is 4.92. The third-order valence-corrected chi connectivity index (χ3v) is 4.95. The molecule has 2 aliphatic carbocycles. The summed E-state index contributed by atoms with van der Waals surface area (Å²) in [4.78, 5) is 8.79. The Labute approximate surface area is 114 Å². The molecule has 0 spiro atoms. The lowest BCUT2D eigenvalue weighted by molar-refractivity contribution is 0.676. The summed E-state index contributed by atoms with van der Waals surface area (Å²) in [5, 5.41) is 4.77. The second-order valence-electron chi connectivity index (χ2n) is 5.60. The van der Waals surface area contributed by atoms with Crippen LogP contribution in [0.4, 0.5) is 5.13 Å². The van der Waals surface area contributed by atoms with Crippen LogP contribution in [0.25, 0.3) is 0 Å². The van der Waals surface area contributed by atoms with Crippen LogP contribution in [-0.4, -0.2) is 24.6 Å². The lowest BCUT2D eigenvalue weighted by atomic mass is 10.2. The molecule has 18 heavy (non-hydrogen) atoms. The van der Waals surface area contributed by atoms with Gasteiger partial charge in [0, 0.05) is 30.4 Å². The summed E-state index contributed by atoms with van der Waals surface area (Å²) in [7, 11) is 2.20. The van der Waals surface area contributed by atoms with E-state index in [-0.39, 0.29) is 0 Å². The molecule has 2 aliphatic rings. The van der Waals surface area contributed by atoms with Crippen molar-refractivity contribution in [2.24, 2.45) is 0 Å². The van der Waals surface area contributed by atoms with E-state index >= 15 is 0 Å². The molecular formula is C14H23N3S. The first-order valence-electron chi connectivity index (χ1n) is 7.22. The highest BCUT2D eigenvalue weighted by atomic mass is 32.1. The Morgan fingerprint density at radius 2 is 2.11 bits per heavy atom. The summed E-state index contributed by atoms with van der Waals surface area (Å²) < 4.78 is 0. The first kappa shape index (κ1) is 12.4. The van der Waals surface area contributed by atoms with E-state index in [0.717, 1.165) is 25.0 Å². The Morgan fingerprint density at radius 3 is 2.72 bits per heavy atom. The Balaban J connectivity index is 1.72. The summed E-state index contributed by atoms with van der Waals surface area (Å²) in [6.45, 7) is 4.33. The monoisotopic (exact) mass is 265 g/mol. The normalized spacial score (nSPS) is 19.2. The molecule has 2 saturated carbocycles. The van der Waals surface area contributed by atoms with Gasteiger partial charge < -0.3 is 10.2 Å². The molecule has 3 nitrogen and oxygen atoms in total. The van der Waals surface area contributed by atoms with Crippen molar-refractivity contribution in [3.63, 3.8) is 0 Å². The van der Waals surface area contributed by atoms with Gasteiger partial charge in [0.1, 0.15) is 0 Å². The molecule has 1 heterocycles. The van der Waals surface area contributed by atoms with Gasteiger partial charge in [-0.25, -0.2) is 4.98 Å². The highest BCUT2D eigenvalue weighted by Gasteiger charge is 2.33. The number of rotatable bonds is 7. The van der Waals surface area contributed by atoms with E-state index in [0.29, 0.717) is 0 Å². The molecule has 0 bridgehead atoms. The van der Waals surface area contributed by atoms with Crippen LogP contribution in [0, 0.1) is 0 Å². The molecule has 1 N–H and O–H groups in total. The number of aromatic nitrogens is 1. The van der Waals surface area contributed by atoms with Gasteiger partial charge >= 0.3 is 0 Å². The minimum atomic E-state index is 0.764. The third-order valence-electron chi connectivity index (χ3n) is 3.79. The minimum Gasteiger partial charge on any atom is -0.348 e. The van der Waals surface area contributed by atoms with Gasteiger partial charge in [0.05, 0.1) is 5.69 Å². The predicted molar refractivity (Wildman–Crippen MR) is 77.5 cm³/mol. The smallest absolute Gasteiger partial charge is 0.185 e. The molecule has 0 unspecified atom stereocenters. The van der Waals surface area contributed by atoms with E-state index in [4.69, 9.17) is 4.98 Å². The molecule has 0 radical (unpaired) electrons. The molecule has 3 rings (SSSR count). The minimum absolute atomic E-state index is 0.764. The Kier molecular flexibility index (Phi) is 3.57. The van der Waals surface area contributed by atoms with E-state index in [1.54, 1.807) is 0 Å². The van der Waals surface area contributed by atoms with Gasteiger partial charge in [-0.05, 0) is 38.6 Å². The largest absolute Gasteiger partial charge is 0.348 e. The van der Waals surface area contributed by atoms with E-state index in [1.807, 2.05) is 11.3 Å².